The van der Waals surface area contributed by atoms with E-state index < -0.39 is 5.82 Å². The Morgan fingerprint density at radius 2 is 2.06 bits per heavy atom. The van der Waals surface area contributed by atoms with E-state index in [-0.39, 0.29) is 12.4 Å². The number of carbonyl (C=O) groups is 1. The molecule has 6 heteroatoms. The minimum atomic E-state index is -0.403. The average molecular weight is 394 g/mol. The highest BCUT2D eigenvalue weighted by molar-refractivity contribution is 9.11. The highest BCUT2D eigenvalue weighted by Gasteiger charge is 2.11. The maximum Gasteiger partial charge on any atom is 0.210 e. The first-order valence-corrected chi connectivity index (χ1v) is 7.33. The molecular weight excluding hydrogens is 387 g/mol. The second kappa shape index (κ2) is 5.95. The molecule has 0 aliphatic rings. The minimum absolute atomic E-state index is 0.116. The van der Waals surface area contributed by atoms with Crippen molar-refractivity contribution in [1.29, 1.82) is 0 Å². The summed E-state index contributed by atoms with van der Waals surface area (Å²) in [6.45, 7) is -0.116. The molecule has 0 unspecified atom stereocenters. The number of rotatable bonds is 4. The molecule has 2 aromatic rings. The van der Waals surface area contributed by atoms with Gasteiger partial charge in [0, 0.05) is 6.07 Å². The molecule has 0 radical (unpaired) electrons. The second-order valence-corrected chi connectivity index (χ2v) is 6.71. The monoisotopic (exact) mass is 392 g/mol. The fourth-order valence-corrected chi connectivity index (χ4v) is 2.94. The van der Waals surface area contributed by atoms with Crippen LogP contribution >= 0.6 is 43.2 Å². The van der Waals surface area contributed by atoms with Crippen LogP contribution in [0.1, 0.15) is 9.67 Å². The second-order valence-electron chi connectivity index (χ2n) is 3.39. The number of ketones is 1. The number of hydrogen-bond donors (Lipinski definition) is 0. The summed E-state index contributed by atoms with van der Waals surface area (Å²) in [5.41, 5.74) is 0. The molecule has 94 valence electrons. The Kier molecular flexibility index (Phi) is 4.53. The number of halogens is 3. The van der Waals surface area contributed by atoms with Gasteiger partial charge in [0.05, 0.1) is 13.1 Å². The Morgan fingerprint density at radius 3 is 2.72 bits per heavy atom. The maximum absolute atomic E-state index is 13.0. The molecule has 1 aromatic carbocycles. The molecule has 2 nitrogen and oxygen atoms in total. The van der Waals surface area contributed by atoms with Crippen molar-refractivity contribution in [3.8, 4) is 5.75 Å². The third kappa shape index (κ3) is 3.40. The van der Waals surface area contributed by atoms with Crippen LogP contribution in [0.25, 0.3) is 0 Å². The van der Waals surface area contributed by atoms with Crippen molar-refractivity contribution in [2.75, 3.05) is 6.61 Å². The largest absolute Gasteiger partial charge is 0.484 e. The Labute approximate surface area is 124 Å². The van der Waals surface area contributed by atoms with E-state index in [0.29, 0.717) is 15.1 Å². The van der Waals surface area contributed by atoms with Crippen LogP contribution in [-0.2, 0) is 0 Å². The van der Waals surface area contributed by atoms with Crippen LogP contribution in [0.3, 0.4) is 0 Å². The standard InChI is InChI=1S/C12H7Br2FO2S/c13-8-2-1-7(15)5-10(8)17-6-9(16)11-3-4-12(14)18-11/h1-5H,6H2. The molecule has 0 saturated carbocycles. The molecule has 18 heavy (non-hydrogen) atoms. The summed E-state index contributed by atoms with van der Waals surface area (Å²) in [7, 11) is 0. The fraction of sp³-hybridized carbons (Fsp3) is 0.0833. The van der Waals surface area contributed by atoms with Crippen molar-refractivity contribution >= 4 is 49.0 Å². The smallest absolute Gasteiger partial charge is 0.210 e. The molecule has 1 aromatic heterocycles. The van der Waals surface area contributed by atoms with Gasteiger partial charge in [-0.2, -0.15) is 0 Å². The fourth-order valence-electron chi connectivity index (χ4n) is 1.27. The molecule has 0 amide bonds. The van der Waals surface area contributed by atoms with Gasteiger partial charge in [0.2, 0.25) is 5.78 Å². The highest BCUT2D eigenvalue weighted by atomic mass is 79.9. The minimum Gasteiger partial charge on any atom is -0.484 e. The van der Waals surface area contributed by atoms with Crippen molar-refractivity contribution in [3.05, 3.63) is 49.3 Å². The van der Waals surface area contributed by atoms with E-state index in [0.717, 1.165) is 3.79 Å². The molecule has 0 aliphatic heterocycles. The first-order valence-electron chi connectivity index (χ1n) is 4.92. The van der Waals surface area contributed by atoms with Gasteiger partial charge in [0.25, 0.3) is 0 Å². The van der Waals surface area contributed by atoms with Crippen molar-refractivity contribution in [1.82, 2.24) is 0 Å². The van der Waals surface area contributed by atoms with E-state index in [1.54, 1.807) is 12.1 Å². The van der Waals surface area contributed by atoms with E-state index in [1.807, 2.05) is 0 Å². The molecule has 0 bridgehead atoms. The maximum atomic E-state index is 13.0. The first-order chi connectivity index (χ1) is 8.56. The van der Waals surface area contributed by atoms with Gasteiger partial charge in [-0.05, 0) is 56.1 Å². The van der Waals surface area contributed by atoms with Gasteiger partial charge in [-0.1, -0.05) is 0 Å². The molecular formula is C12H7Br2FO2S. The summed E-state index contributed by atoms with van der Waals surface area (Å²) in [6.07, 6.45) is 0. The van der Waals surface area contributed by atoms with Crippen LogP contribution in [-0.4, -0.2) is 12.4 Å². The number of thiophene rings is 1. The van der Waals surface area contributed by atoms with Gasteiger partial charge in [-0.3, -0.25) is 4.79 Å². The lowest BCUT2D eigenvalue weighted by Crippen LogP contribution is -2.10. The van der Waals surface area contributed by atoms with Crippen LogP contribution in [0.2, 0.25) is 0 Å². The number of Topliss-reactive ketones (excluding diaryl/α,β-unsaturated/α-hetero) is 1. The normalized spacial score (nSPS) is 10.4. The topological polar surface area (TPSA) is 26.3 Å². The van der Waals surface area contributed by atoms with Crippen LogP contribution < -0.4 is 4.74 Å². The molecule has 0 aliphatic carbocycles. The molecule has 0 saturated heterocycles. The molecule has 1 heterocycles. The van der Waals surface area contributed by atoms with E-state index in [1.165, 1.54) is 29.5 Å². The highest BCUT2D eigenvalue weighted by Crippen LogP contribution is 2.26. The first kappa shape index (κ1) is 13.7. The third-order valence-corrected chi connectivity index (χ3v) is 4.42. The predicted octanol–water partition coefficient (Wildman–Crippen LogP) is 4.67. The van der Waals surface area contributed by atoms with Crippen LogP contribution in [0.5, 0.6) is 5.75 Å². The van der Waals surface area contributed by atoms with Gasteiger partial charge in [-0.15, -0.1) is 11.3 Å². The van der Waals surface area contributed by atoms with E-state index in [9.17, 15) is 9.18 Å². The van der Waals surface area contributed by atoms with E-state index in [2.05, 4.69) is 31.9 Å². The number of ether oxygens (including phenoxy) is 1. The Bertz CT molecular complexity index is 583. The molecule has 0 atom stereocenters. The summed E-state index contributed by atoms with van der Waals surface area (Å²) < 4.78 is 19.8. The van der Waals surface area contributed by atoms with E-state index >= 15 is 0 Å². The Balaban J connectivity index is 2.03. The quantitative estimate of drug-likeness (QED) is 0.705. The number of hydrogen-bond acceptors (Lipinski definition) is 3. The van der Waals surface area contributed by atoms with Crippen LogP contribution in [0.4, 0.5) is 4.39 Å². The van der Waals surface area contributed by atoms with Crippen molar-refractivity contribution in [2.45, 2.75) is 0 Å². The zero-order valence-electron chi connectivity index (χ0n) is 8.95. The summed E-state index contributed by atoms with van der Waals surface area (Å²) in [6, 6.07) is 7.62. The Hall–Kier alpha value is -0.720. The van der Waals surface area contributed by atoms with Gasteiger partial charge in [0.1, 0.15) is 11.6 Å². The SMILES string of the molecule is O=C(COc1cc(F)ccc1Br)c1ccc(Br)s1. The van der Waals surface area contributed by atoms with E-state index in [4.69, 9.17) is 4.74 Å². The summed E-state index contributed by atoms with van der Waals surface area (Å²) in [5, 5.41) is 0. The summed E-state index contributed by atoms with van der Waals surface area (Å²) >= 11 is 7.86. The predicted molar refractivity (Wildman–Crippen MR) is 75.9 cm³/mol. The van der Waals surface area contributed by atoms with Gasteiger partial charge < -0.3 is 4.74 Å². The molecule has 2 rings (SSSR count). The van der Waals surface area contributed by atoms with Crippen molar-refractivity contribution in [3.63, 3.8) is 0 Å². The molecule has 0 N–H and O–H groups in total. The van der Waals surface area contributed by atoms with Crippen LogP contribution in [0.15, 0.2) is 38.6 Å². The zero-order valence-corrected chi connectivity index (χ0v) is 12.9. The van der Waals surface area contributed by atoms with Crippen molar-refractivity contribution < 1.29 is 13.9 Å². The number of carbonyl (C=O) groups excluding carboxylic acids is 1. The van der Waals surface area contributed by atoms with Gasteiger partial charge in [-0.25, -0.2) is 4.39 Å². The summed E-state index contributed by atoms with van der Waals surface area (Å²) in [5.74, 6) is -0.222. The number of benzene rings is 1. The van der Waals surface area contributed by atoms with Crippen molar-refractivity contribution in [2.24, 2.45) is 0 Å². The molecule has 0 spiro atoms. The van der Waals surface area contributed by atoms with Gasteiger partial charge in [0.15, 0.2) is 6.61 Å². The lowest BCUT2D eigenvalue weighted by molar-refractivity contribution is 0.0925. The zero-order chi connectivity index (χ0) is 13.1. The lowest BCUT2D eigenvalue weighted by Gasteiger charge is -2.06. The molecule has 0 fully saturated rings. The average Bonchev–Trinajstić information content (AvgIpc) is 2.77. The van der Waals surface area contributed by atoms with Gasteiger partial charge >= 0.3 is 0 Å². The third-order valence-electron chi connectivity index (χ3n) is 2.10. The summed E-state index contributed by atoms with van der Waals surface area (Å²) in [4.78, 5) is 12.4. The lowest BCUT2D eigenvalue weighted by atomic mass is 10.3. The van der Waals surface area contributed by atoms with Crippen LogP contribution in [0, 0.1) is 5.82 Å². The Morgan fingerprint density at radius 1 is 1.28 bits per heavy atom.